The van der Waals surface area contributed by atoms with Gasteiger partial charge in [0.05, 0.1) is 16.9 Å². The van der Waals surface area contributed by atoms with Crippen LogP contribution < -0.4 is 16.4 Å². The Hall–Kier alpha value is -2.45. The van der Waals surface area contributed by atoms with Crippen molar-refractivity contribution in [3.8, 4) is 0 Å². The van der Waals surface area contributed by atoms with E-state index in [1.807, 2.05) is 0 Å². The zero-order valence-electron chi connectivity index (χ0n) is 13.3. The van der Waals surface area contributed by atoms with E-state index in [2.05, 4.69) is 10.6 Å². The minimum atomic E-state index is -4.96. The molecule has 1 aromatic rings. The van der Waals surface area contributed by atoms with E-state index < -0.39 is 23.7 Å². The lowest BCUT2D eigenvalue weighted by Crippen LogP contribution is -2.63. The first-order chi connectivity index (χ1) is 11.7. The molecule has 1 aromatic carbocycles. The zero-order valence-corrected chi connectivity index (χ0v) is 13.3. The van der Waals surface area contributed by atoms with Gasteiger partial charge < -0.3 is 21.1 Å². The Labute approximate surface area is 141 Å². The molecule has 1 saturated carbocycles. The number of halogens is 3. The lowest BCUT2D eigenvalue weighted by atomic mass is 9.98. The van der Waals surface area contributed by atoms with Crippen LogP contribution in [0.15, 0.2) is 18.2 Å². The lowest BCUT2D eigenvalue weighted by Gasteiger charge is -2.29. The molecule has 0 spiro atoms. The number of nitrogens with one attached hydrogen (secondary N) is 2. The largest absolute Gasteiger partial charge is 0.459 e. The molecule has 0 saturated heterocycles. The van der Waals surface area contributed by atoms with E-state index in [-0.39, 0.29) is 23.0 Å². The predicted octanol–water partition coefficient (Wildman–Crippen LogP) is 2.76. The van der Waals surface area contributed by atoms with Crippen LogP contribution in [0, 0.1) is 0 Å². The van der Waals surface area contributed by atoms with Gasteiger partial charge in [0, 0.05) is 0 Å². The molecule has 1 atom stereocenters. The number of hydrogen-bond donors (Lipinski definition) is 3. The molecule has 4 N–H and O–H groups in total. The van der Waals surface area contributed by atoms with Crippen LogP contribution in [0.4, 0.5) is 24.5 Å². The number of primary amides is 1. The summed E-state index contributed by atoms with van der Waals surface area (Å²) in [4.78, 5) is 23.6. The van der Waals surface area contributed by atoms with Gasteiger partial charge in [0.2, 0.25) is 0 Å². The van der Waals surface area contributed by atoms with Crippen LogP contribution >= 0.6 is 0 Å². The molecule has 0 aromatic heterocycles. The van der Waals surface area contributed by atoms with Gasteiger partial charge in [-0.25, -0.2) is 4.79 Å². The first-order valence-electron chi connectivity index (χ1n) is 8.01. The first kappa shape index (κ1) is 17.4. The van der Waals surface area contributed by atoms with Gasteiger partial charge in [0.15, 0.2) is 0 Å². The number of anilines is 2. The van der Waals surface area contributed by atoms with Gasteiger partial charge in [0.25, 0.3) is 11.6 Å². The summed E-state index contributed by atoms with van der Waals surface area (Å²) in [6.45, 7) is 0. The maximum Gasteiger partial charge on any atom is 0.439 e. The van der Waals surface area contributed by atoms with Gasteiger partial charge in [-0.1, -0.05) is 6.42 Å². The van der Waals surface area contributed by atoms with Crippen LogP contribution in [-0.2, 0) is 9.53 Å². The molecule has 6 nitrogen and oxygen atoms in total. The Morgan fingerprint density at radius 3 is 2.36 bits per heavy atom. The molecule has 25 heavy (non-hydrogen) atoms. The third-order valence-electron chi connectivity index (χ3n) is 4.52. The van der Waals surface area contributed by atoms with E-state index in [1.54, 1.807) is 0 Å². The molecule has 3 rings (SSSR count). The van der Waals surface area contributed by atoms with Crippen molar-refractivity contribution in [1.82, 2.24) is 0 Å². The summed E-state index contributed by atoms with van der Waals surface area (Å²) in [5.74, 6) is -2.21. The van der Waals surface area contributed by atoms with Gasteiger partial charge in [-0.2, -0.15) is 13.2 Å². The minimum absolute atomic E-state index is 0.0327. The molecule has 1 heterocycles. The van der Waals surface area contributed by atoms with E-state index in [1.165, 1.54) is 18.2 Å². The smallest absolute Gasteiger partial charge is 0.439 e. The highest BCUT2D eigenvalue weighted by Crippen LogP contribution is 2.43. The number of esters is 1. The standard InChI is InChI=1S/C16H18F3N3O3/c17-16(18,19)15(14(20)24)21-11-7-6-9(8-12(11)22-15)13(23)25-10-4-2-1-3-5-10/h6-8,10,21-22H,1-5H2,(H2,20,24). The van der Waals surface area contributed by atoms with Crippen molar-refractivity contribution in [2.24, 2.45) is 5.73 Å². The highest BCUT2D eigenvalue weighted by Gasteiger charge is 2.63. The van der Waals surface area contributed by atoms with E-state index in [0.717, 1.165) is 32.1 Å². The summed E-state index contributed by atoms with van der Waals surface area (Å²) in [6.07, 6.45) is -0.471. The second-order valence-electron chi connectivity index (χ2n) is 6.29. The van der Waals surface area contributed by atoms with Crippen LogP contribution in [0.2, 0.25) is 0 Å². The maximum absolute atomic E-state index is 13.3. The minimum Gasteiger partial charge on any atom is -0.459 e. The van der Waals surface area contributed by atoms with Crippen LogP contribution in [-0.4, -0.2) is 29.8 Å². The molecular weight excluding hydrogens is 339 g/mol. The summed E-state index contributed by atoms with van der Waals surface area (Å²) < 4.78 is 45.2. The van der Waals surface area contributed by atoms with Crippen molar-refractivity contribution in [3.63, 3.8) is 0 Å². The fourth-order valence-corrected chi connectivity index (χ4v) is 3.13. The number of ether oxygens (including phenoxy) is 1. The number of nitrogens with two attached hydrogens (primary N) is 1. The van der Waals surface area contributed by atoms with Crippen molar-refractivity contribution in [2.75, 3.05) is 10.6 Å². The summed E-state index contributed by atoms with van der Waals surface area (Å²) in [6, 6.07) is 3.87. The van der Waals surface area contributed by atoms with Gasteiger partial charge in [0.1, 0.15) is 6.10 Å². The molecule has 0 bridgehead atoms. The number of carbonyl (C=O) groups is 2. The van der Waals surface area contributed by atoms with Crippen molar-refractivity contribution >= 4 is 23.3 Å². The van der Waals surface area contributed by atoms with Crippen LogP contribution in [0.1, 0.15) is 42.5 Å². The van der Waals surface area contributed by atoms with Gasteiger partial charge in [-0.15, -0.1) is 0 Å². The molecule has 9 heteroatoms. The van der Waals surface area contributed by atoms with Gasteiger partial charge >= 0.3 is 12.1 Å². The predicted molar refractivity (Wildman–Crippen MR) is 84.0 cm³/mol. The van der Waals surface area contributed by atoms with E-state index in [0.29, 0.717) is 0 Å². The zero-order chi connectivity index (χ0) is 18.2. The van der Waals surface area contributed by atoms with Crippen LogP contribution in [0.25, 0.3) is 0 Å². The fraction of sp³-hybridized carbons (Fsp3) is 0.500. The van der Waals surface area contributed by atoms with Gasteiger partial charge in [-0.05, 0) is 43.9 Å². The molecule has 136 valence electrons. The van der Waals surface area contributed by atoms with Crippen molar-refractivity contribution in [1.29, 1.82) is 0 Å². The molecule has 1 aliphatic heterocycles. The Morgan fingerprint density at radius 2 is 1.76 bits per heavy atom. The third-order valence-corrected chi connectivity index (χ3v) is 4.52. The molecule has 0 radical (unpaired) electrons. The summed E-state index contributed by atoms with van der Waals surface area (Å²) in [5, 5.41) is 4.14. The van der Waals surface area contributed by atoms with Crippen molar-refractivity contribution in [2.45, 2.75) is 50.0 Å². The highest BCUT2D eigenvalue weighted by molar-refractivity contribution is 5.99. The number of fused-ring (bicyclic) bond motifs is 1. The summed E-state index contributed by atoms with van der Waals surface area (Å²) in [7, 11) is 0. The summed E-state index contributed by atoms with van der Waals surface area (Å²) >= 11 is 0. The van der Waals surface area contributed by atoms with E-state index in [4.69, 9.17) is 10.5 Å². The first-order valence-corrected chi connectivity index (χ1v) is 8.01. The summed E-state index contributed by atoms with van der Waals surface area (Å²) in [5.41, 5.74) is 1.96. The molecule has 1 aliphatic carbocycles. The molecule has 1 unspecified atom stereocenters. The van der Waals surface area contributed by atoms with Crippen LogP contribution in [0.5, 0.6) is 0 Å². The van der Waals surface area contributed by atoms with Crippen molar-refractivity contribution in [3.05, 3.63) is 23.8 Å². The van der Waals surface area contributed by atoms with Gasteiger partial charge in [-0.3, -0.25) is 4.79 Å². The lowest BCUT2D eigenvalue weighted by molar-refractivity contribution is -0.177. The molecular formula is C16H18F3N3O3. The average molecular weight is 357 g/mol. The second-order valence-corrected chi connectivity index (χ2v) is 6.29. The number of rotatable bonds is 3. The third kappa shape index (κ3) is 3.10. The molecule has 1 fully saturated rings. The number of hydrogen-bond acceptors (Lipinski definition) is 5. The average Bonchev–Trinajstić information content (AvgIpc) is 2.95. The van der Waals surface area contributed by atoms with E-state index >= 15 is 0 Å². The normalized spacial score (nSPS) is 23.3. The Morgan fingerprint density at radius 1 is 1.12 bits per heavy atom. The highest BCUT2D eigenvalue weighted by atomic mass is 19.4. The number of amides is 1. The second kappa shape index (κ2) is 6.12. The quantitative estimate of drug-likeness (QED) is 0.724. The SMILES string of the molecule is NC(=O)C1(C(F)(F)F)Nc2ccc(C(=O)OC3CCCCC3)cc2N1. The topological polar surface area (TPSA) is 93.5 Å². The van der Waals surface area contributed by atoms with E-state index in [9.17, 15) is 22.8 Å². The maximum atomic E-state index is 13.3. The van der Waals surface area contributed by atoms with Crippen molar-refractivity contribution < 1.29 is 27.5 Å². The molecule has 2 aliphatic rings. The number of benzene rings is 1. The number of alkyl halides is 3. The number of carbonyl (C=O) groups excluding carboxylic acids is 2. The Bertz CT molecular complexity index is 702. The molecule has 1 amide bonds. The Kier molecular flexibility index (Phi) is 4.26. The van der Waals surface area contributed by atoms with Crippen LogP contribution in [0.3, 0.4) is 0 Å². The fourth-order valence-electron chi connectivity index (χ4n) is 3.13. The monoisotopic (exact) mass is 357 g/mol. The Balaban J connectivity index is 1.80.